The van der Waals surface area contributed by atoms with E-state index < -0.39 is 11.7 Å². The Kier molecular flexibility index (Phi) is 8.41. The van der Waals surface area contributed by atoms with Crippen molar-refractivity contribution in [3.05, 3.63) is 65.7 Å². The quantitative estimate of drug-likeness (QED) is 0.620. The highest BCUT2D eigenvalue weighted by Crippen LogP contribution is 2.15. The predicted octanol–water partition coefficient (Wildman–Crippen LogP) is 3.40. The minimum absolute atomic E-state index is 0.124. The Morgan fingerprint density at radius 2 is 1.53 bits per heavy atom. The lowest BCUT2D eigenvalue weighted by Gasteiger charge is -2.19. The van der Waals surface area contributed by atoms with Crippen LogP contribution in [-0.4, -0.2) is 30.1 Å². The zero-order valence-corrected chi connectivity index (χ0v) is 17.7. The van der Waals surface area contributed by atoms with Gasteiger partial charge in [-0.3, -0.25) is 9.59 Å². The van der Waals surface area contributed by atoms with Crippen molar-refractivity contribution in [2.45, 2.75) is 45.8 Å². The van der Waals surface area contributed by atoms with Crippen molar-refractivity contribution in [3.8, 4) is 0 Å². The normalized spacial score (nSPS) is 10.8. The molecule has 2 aromatic rings. The summed E-state index contributed by atoms with van der Waals surface area (Å²) in [4.78, 5) is 36.0. The number of nitrogens with one attached hydrogen (secondary N) is 3. The summed E-state index contributed by atoms with van der Waals surface area (Å²) in [5.74, 6) is -0.335. The van der Waals surface area contributed by atoms with E-state index in [-0.39, 0.29) is 37.7 Å². The molecule has 7 nitrogen and oxygen atoms in total. The maximum atomic E-state index is 12.3. The Hall–Kier alpha value is -3.35. The first-order chi connectivity index (χ1) is 14.2. The Labute approximate surface area is 177 Å². The Morgan fingerprint density at radius 1 is 0.867 bits per heavy atom. The molecule has 3 amide bonds. The summed E-state index contributed by atoms with van der Waals surface area (Å²) in [6, 6.07) is 16.8. The van der Waals surface area contributed by atoms with E-state index in [1.54, 1.807) is 26.8 Å². The zero-order chi connectivity index (χ0) is 22.0. The standard InChI is InChI=1S/C23H29N3O4/c1-23(2,3)30-22(29)24-14-13-20(27)25-16-18-11-7-8-12-19(18)26-21(28)15-17-9-5-4-6-10-17/h4-12H,13-16H2,1-3H3,(H,24,29)(H,25,27)(H,26,28). The number of alkyl carbamates (subject to hydrolysis) is 1. The number of hydrogen-bond acceptors (Lipinski definition) is 4. The number of carbonyl (C=O) groups excluding carboxylic acids is 3. The molecule has 0 aromatic heterocycles. The molecule has 0 bridgehead atoms. The summed E-state index contributed by atoms with van der Waals surface area (Å²) in [5.41, 5.74) is 1.80. The van der Waals surface area contributed by atoms with Gasteiger partial charge in [0.1, 0.15) is 5.60 Å². The van der Waals surface area contributed by atoms with Gasteiger partial charge in [-0.05, 0) is 38.0 Å². The van der Waals surface area contributed by atoms with Crippen LogP contribution in [0.3, 0.4) is 0 Å². The molecule has 3 N–H and O–H groups in total. The second kappa shape index (κ2) is 11.0. The van der Waals surface area contributed by atoms with Gasteiger partial charge in [0.25, 0.3) is 0 Å². The summed E-state index contributed by atoms with van der Waals surface area (Å²) in [6.45, 7) is 5.77. The lowest BCUT2D eigenvalue weighted by atomic mass is 10.1. The first kappa shape index (κ1) is 22.9. The minimum Gasteiger partial charge on any atom is -0.444 e. The monoisotopic (exact) mass is 411 g/mol. The Bertz CT molecular complexity index is 860. The fraction of sp³-hybridized carbons (Fsp3) is 0.348. The van der Waals surface area contributed by atoms with Crippen LogP contribution in [0.2, 0.25) is 0 Å². The van der Waals surface area contributed by atoms with Gasteiger partial charge >= 0.3 is 6.09 Å². The third kappa shape index (κ3) is 8.77. The van der Waals surface area contributed by atoms with Gasteiger partial charge in [0, 0.05) is 25.2 Å². The molecule has 7 heteroatoms. The molecule has 0 spiro atoms. The molecule has 160 valence electrons. The average Bonchev–Trinajstić information content (AvgIpc) is 2.66. The molecule has 0 saturated heterocycles. The molecule has 0 aliphatic heterocycles. The van der Waals surface area contributed by atoms with E-state index in [1.807, 2.05) is 48.5 Å². The largest absolute Gasteiger partial charge is 0.444 e. The highest BCUT2D eigenvalue weighted by Gasteiger charge is 2.16. The molecule has 0 atom stereocenters. The molecule has 0 unspecified atom stereocenters. The van der Waals surface area contributed by atoms with E-state index in [2.05, 4.69) is 16.0 Å². The van der Waals surface area contributed by atoms with Crippen molar-refractivity contribution in [3.63, 3.8) is 0 Å². The molecule has 0 aliphatic rings. The van der Waals surface area contributed by atoms with Crippen molar-refractivity contribution in [1.82, 2.24) is 10.6 Å². The van der Waals surface area contributed by atoms with Crippen LogP contribution in [0.4, 0.5) is 10.5 Å². The van der Waals surface area contributed by atoms with Crippen LogP contribution in [0, 0.1) is 0 Å². The molecule has 0 fully saturated rings. The molecule has 0 heterocycles. The highest BCUT2D eigenvalue weighted by atomic mass is 16.6. The maximum Gasteiger partial charge on any atom is 0.407 e. The van der Waals surface area contributed by atoms with E-state index in [9.17, 15) is 14.4 Å². The van der Waals surface area contributed by atoms with Crippen LogP contribution in [0.1, 0.15) is 38.3 Å². The van der Waals surface area contributed by atoms with Crippen LogP contribution < -0.4 is 16.0 Å². The molecular formula is C23H29N3O4. The summed E-state index contributed by atoms with van der Waals surface area (Å²) in [5, 5.41) is 8.25. The van der Waals surface area contributed by atoms with Crippen molar-refractivity contribution >= 4 is 23.6 Å². The summed E-state index contributed by atoms with van der Waals surface area (Å²) >= 11 is 0. The fourth-order valence-corrected chi connectivity index (χ4v) is 2.65. The van der Waals surface area contributed by atoms with Gasteiger partial charge in [-0.15, -0.1) is 0 Å². The summed E-state index contributed by atoms with van der Waals surface area (Å²) in [6.07, 6.45) is -0.151. The third-order valence-corrected chi connectivity index (χ3v) is 4.00. The van der Waals surface area contributed by atoms with Crippen LogP contribution in [0.25, 0.3) is 0 Å². The summed E-state index contributed by atoms with van der Waals surface area (Å²) < 4.78 is 5.12. The van der Waals surface area contributed by atoms with Gasteiger partial charge in [-0.1, -0.05) is 48.5 Å². The van der Waals surface area contributed by atoms with Crippen LogP contribution in [0.5, 0.6) is 0 Å². The first-order valence-corrected chi connectivity index (χ1v) is 9.88. The number of para-hydroxylation sites is 1. The van der Waals surface area contributed by atoms with Crippen LogP contribution in [-0.2, 0) is 27.3 Å². The number of amides is 3. The predicted molar refractivity (Wildman–Crippen MR) is 116 cm³/mol. The molecule has 2 rings (SSSR count). The molecule has 2 aromatic carbocycles. The lowest BCUT2D eigenvalue weighted by molar-refractivity contribution is -0.121. The zero-order valence-electron chi connectivity index (χ0n) is 17.7. The second-order valence-corrected chi connectivity index (χ2v) is 7.82. The number of ether oxygens (including phenoxy) is 1. The van der Waals surface area contributed by atoms with Gasteiger partial charge < -0.3 is 20.7 Å². The first-order valence-electron chi connectivity index (χ1n) is 9.88. The fourth-order valence-electron chi connectivity index (χ4n) is 2.65. The van der Waals surface area contributed by atoms with Crippen LogP contribution in [0.15, 0.2) is 54.6 Å². The number of benzene rings is 2. The highest BCUT2D eigenvalue weighted by molar-refractivity contribution is 5.93. The van der Waals surface area contributed by atoms with Gasteiger partial charge in [0.2, 0.25) is 11.8 Å². The van der Waals surface area contributed by atoms with Gasteiger partial charge in [-0.25, -0.2) is 4.79 Å². The van der Waals surface area contributed by atoms with Crippen molar-refractivity contribution in [2.75, 3.05) is 11.9 Å². The molecule has 0 saturated carbocycles. The van der Waals surface area contributed by atoms with Crippen molar-refractivity contribution in [1.29, 1.82) is 0 Å². The van der Waals surface area contributed by atoms with Gasteiger partial charge in [-0.2, -0.15) is 0 Å². The average molecular weight is 412 g/mol. The molecule has 30 heavy (non-hydrogen) atoms. The third-order valence-electron chi connectivity index (χ3n) is 4.00. The lowest BCUT2D eigenvalue weighted by Crippen LogP contribution is -2.35. The number of carbonyl (C=O) groups is 3. The Morgan fingerprint density at radius 3 is 2.23 bits per heavy atom. The smallest absolute Gasteiger partial charge is 0.407 e. The van der Waals surface area contributed by atoms with E-state index in [1.165, 1.54) is 0 Å². The molecule has 0 aliphatic carbocycles. The number of hydrogen-bond donors (Lipinski definition) is 3. The number of rotatable bonds is 8. The van der Waals surface area contributed by atoms with E-state index >= 15 is 0 Å². The Balaban J connectivity index is 1.79. The van der Waals surface area contributed by atoms with Crippen LogP contribution >= 0.6 is 0 Å². The SMILES string of the molecule is CC(C)(C)OC(=O)NCCC(=O)NCc1ccccc1NC(=O)Cc1ccccc1. The van der Waals surface area contributed by atoms with E-state index in [0.717, 1.165) is 11.1 Å². The molecule has 0 radical (unpaired) electrons. The topological polar surface area (TPSA) is 96.5 Å². The van der Waals surface area contributed by atoms with E-state index in [0.29, 0.717) is 5.69 Å². The molecular weight excluding hydrogens is 382 g/mol. The van der Waals surface area contributed by atoms with Gasteiger partial charge in [0.15, 0.2) is 0 Å². The van der Waals surface area contributed by atoms with E-state index in [4.69, 9.17) is 4.74 Å². The second-order valence-electron chi connectivity index (χ2n) is 7.82. The summed E-state index contributed by atoms with van der Waals surface area (Å²) in [7, 11) is 0. The maximum absolute atomic E-state index is 12.3. The van der Waals surface area contributed by atoms with Crippen molar-refractivity contribution < 1.29 is 19.1 Å². The van der Waals surface area contributed by atoms with Gasteiger partial charge in [0.05, 0.1) is 6.42 Å². The van der Waals surface area contributed by atoms with Crippen molar-refractivity contribution in [2.24, 2.45) is 0 Å². The number of anilines is 1. The minimum atomic E-state index is -0.582.